The highest BCUT2D eigenvalue weighted by Gasteiger charge is 2.33. The Bertz CT molecular complexity index is 731. The van der Waals surface area contributed by atoms with Gasteiger partial charge in [0, 0.05) is 31.1 Å². The molecule has 1 fully saturated rings. The maximum Gasteiger partial charge on any atom is 0.573 e. The van der Waals surface area contributed by atoms with Gasteiger partial charge in [0.15, 0.2) is 11.6 Å². The number of hydrogen-bond acceptors (Lipinski definition) is 4. The number of rotatable bonds is 4. The summed E-state index contributed by atoms with van der Waals surface area (Å²) in [7, 11) is 0. The fraction of sp³-hybridized carbons (Fsp3) is 0.375. The number of halogens is 5. The zero-order valence-electron chi connectivity index (χ0n) is 12.9. The van der Waals surface area contributed by atoms with E-state index in [9.17, 15) is 17.6 Å². The van der Waals surface area contributed by atoms with Crippen LogP contribution in [0.4, 0.5) is 17.6 Å². The van der Waals surface area contributed by atoms with Crippen LogP contribution < -0.4 is 10.1 Å². The summed E-state index contributed by atoms with van der Waals surface area (Å²) in [6.07, 6.45) is -4.93. The molecule has 1 saturated heterocycles. The molecular weight excluding hydrogens is 380 g/mol. The highest BCUT2D eigenvalue weighted by molar-refractivity contribution is 7.16. The fourth-order valence-corrected chi connectivity index (χ4v) is 4.09. The molecule has 1 N–H and O–H groups in total. The van der Waals surface area contributed by atoms with Crippen LogP contribution in [-0.2, 0) is 0 Å². The van der Waals surface area contributed by atoms with Gasteiger partial charge in [-0.3, -0.25) is 4.90 Å². The highest BCUT2D eigenvalue weighted by Crippen LogP contribution is 2.37. The van der Waals surface area contributed by atoms with Gasteiger partial charge in [0.2, 0.25) is 0 Å². The van der Waals surface area contributed by atoms with E-state index in [1.807, 2.05) is 6.07 Å². The normalized spacial score (nSPS) is 17.5. The first kappa shape index (κ1) is 18.4. The second kappa shape index (κ2) is 7.49. The number of hydrogen-bond donors (Lipinski definition) is 1. The Kier molecular flexibility index (Phi) is 5.52. The SMILES string of the molecule is Fc1cc([C@@H](c2ccc(Cl)s2)N2CCNCC2)ccc1OC(F)(F)F. The van der Waals surface area contributed by atoms with Gasteiger partial charge in [-0.1, -0.05) is 17.7 Å². The highest BCUT2D eigenvalue weighted by atomic mass is 35.5. The van der Waals surface area contributed by atoms with Crippen molar-refractivity contribution >= 4 is 22.9 Å². The molecule has 1 aromatic heterocycles. The summed E-state index contributed by atoms with van der Waals surface area (Å²) >= 11 is 7.40. The standard InChI is InChI=1S/C16H15ClF4N2OS/c17-14-4-3-13(25-14)15(23-7-5-22-6-8-23)10-1-2-12(11(18)9-10)24-16(19,20)21/h1-4,9,15,22H,5-8H2/t15-/m0/s1. The van der Waals surface area contributed by atoms with E-state index in [2.05, 4.69) is 15.0 Å². The second-order valence-electron chi connectivity index (χ2n) is 5.57. The van der Waals surface area contributed by atoms with Crippen LogP contribution in [0.15, 0.2) is 30.3 Å². The van der Waals surface area contributed by atoms with Crippen LogP contribution in [0.3, 0.4) is 0 Å². The van der Waals surface area contributed by atoms with Crippen molar-refractivity contribution < 1.29 is 22.3 Å². The fourth-order valence-electron chi connectivity index (χ4n) is 2.87. The summed E-state index contributed by atoms with van der Waals surface area (Å²) in [6.45, 7) is 3.05. The van der Waals surface area contributed by atoms with E-state index in [1.165, 1.54) is 17.4 Å². The molecule has 9 heteroatoms. The van der Waals surface area contributed by atoms with Gasteiger partial charge < -0.3 is 10.1 Å². The first-order chi connectivity index (χ1) is 11.8. The lowest BCUT2D eigenvalue weighted by Gasteiger charge is -2.34. The largest absolute Gasteiger partial charge is 0.573 e. The Labute approximate surface area is 151 Å². The number of alkyl halides is 3. The van der Waals surface area contributed by atoms with Crippen LogP contribution in [0.5, 0.6) is 5.75 Å². The first-order valence-electron chi connectivity index (χ1n) is 7.59. The van der Waals surface area contributed by atoms with Gasteiger partial charge in [0.25, 0.3) is 0 Å². The summed E-state index contributed by atoms with van der Waals surface area (Å²) < 4.78 is 55.4. The molecule has 0 saturated carbocycles. The van der Waals surface area contributed by atoms with Crippen LogP contribution in [0.2, 0.25) is 4.34 Å². The molecule has 25 heavy (non-hydrogen) atoms. The van der Waals surface area contributed by atoms with Crippen molar-refractivity contribution in [1.29, 1.82) is 0 Å². The van der Waals surface area contributed by atoms with Gasteiger partial charge in [0.1, 0.15) is 0 Å². The van der Waals surface area contributed by atoms with E-state index in [0.717, 1.165) is 43.2 Å². The van der Waals surface area contributed by atoms with Crippen molar-refractivity contribution in [2.24, 2.45) is 0 Å². The molecule has 2 heterocycles. The predicted octanol–water partition coefficient (Wildman–Crippen LogP) is 4.43. The van der Waals surface area contributed by atoms with Crippen molar-refractivity contribution in [2.75, 3.05) is 26.2 Å². The van der Waals surface area contributed by atoms with E-state index in [0.29, 0.717) is 9.90 Å². The van der Waals surface area contributed by atoms with Crippen LogP contribution in [0.1, 0.15) is 16.5 Å². The first-order valence-corrected chi connectivity index (χ1v) is 8.78. The Morgan fingerprint density at radius 2 is 1.88 bits per heavy atom. The van der Waals surface area contributed by atoms with Crippen molar-refractivity contribution in [1.82, 2.24) is 10.2 Å². The molecule has 1 aromatic carbocycles. The van der Waals surface area contributed by atoms with Crippen molar-refractivity contribution in [3.63, 3.8) is 0 Å². The molecule has 0 bridgehead atoms. The lowest BCUT2D eigenvalue weighted by atomic mass is 10.0. The summed E-state index contributed by atoms with van der Waals surface area (Å²) in [5.41, 5.74) is 0.562. The zero-order chi connectivity index (χ0) is 18.0. The molecule has 0 amide bonds. The van der Waals surface area contributed by atoms with Gasteiger partial charge in [-0.2, -0.15) is 0 Å². The third kappa shape index (κ3) is 4.63. The maximum atomic E-state index is 14.2. The molecule has 0 aliphatic carbocycles. The number of piperazine rings is 1. The molecule has 1 aliphatic rings. The van der Waals surface area contributed by atoms with E-state index in [1.54, 1.807) is 6.07 Å². The molecule has 136 valence electrons. The van der Waals surface area contributed by atoms with E-state index in [4.69, 9.17) is 11.6 Å². The lowest BCUT2D eigenvalue weighted by molar-refractivity contribution is -0.275. The van der Waals surface area contributed by atoms with Crippen molar-refractivity contribution in [3.05, 3.63) is 50.9 Å². The van der Waals surface area contributed by atoms with Crippen LogP contribution >= 0.6 is 22.9 Å². The molecule has 1 aliphatic heterocycles. The minimum atomic E-state index is -4.93. The number of nitrogens with zero attached hydrogens (tertiary/aromatic N) is 1. The van der Waals surface area contributed by atoms with E-state index < -0.39 is 17.9 Å². The zero-order valence-corrected chi connectivity index (χ0v) is 14.5. The van der Waals surface area contributed by atoms with E-state index in [-0.39, 0.29) is 6.04 Å². The average molecular weight is 395 g/mol. The number of benzene rings is 1. The van der Waals surface area contributed by atoms with Crippen LogP contribution in [0, 0.1) is 5.82 Å². The van der Waals surface area contributed by atoms with Gasteiger partial charge >= 0.3 is 6.36 Å². The third-order valence-corrected chi connectivity index (χ3v) is 5.16. The summed E-state index contributed by atoms with van der Waals surface area (Å²) in [4.78, 5) is 3.06. The maximum absolute atomic E-state index is 14.2. The molecule has 3 nitrogen and oxygen atoms in total. The second-order valence-corrected chi connectivity index (χ2v) is 7.31. The molecule has 2 aromatic rings. The smallest absolute Gasteiger partial charge is 0.403 e. The summed E-state index contributed by atoms with van der Waals surface area (Å²) in [6, 6.07) is 6.93. The number of thiophene rings is 1. The quantitative estimate of drug-likeness (QED) is 0.776. The Hall–Kier alpha value is -1.35. The summed E-state index contributed by atoms with van der Waals surface area (Å²) in [5, 5.41) is 3.24. The molecular formula is C16H15ClF4N2OS. The lowest BCUT2D eigenvalue weighted by Crippen LogP contribution is -2.45. The topological polar surface area (TPSA) is 24.5 Å². The van der Waals surface area contributed by atoms with Gasteiger partial charge in [0.05, 0.1) is 10.4 Å². The van der Waals surface area contributed by atoms with Gasteiger partial charge in [-0.15, -0.1) is 24.5 Å². The molecule has 0 radical (unpaired) electrons. The average Bonchev–Trinajstić information content (AvgIpc) is 2.96. The van der Waals surface area contributed by atoms with Crippen molar-refractivity contribution in [3.8, 4) is 5.75 Å². The molecule has 0 unspecified atom stereocenters. The van der Waals surface area contributed by atoms with Crippen LogP contribution in [0.25, 0.3) is 0 Å². The number of ether oxygens (including phenoxy) is 1. The Morgan fingerprint density at radius 3 is 2.44 bits per heavy atom. The monoisotopic (exact) mass is 394 g/mol. The number of nitrogens with one attached hydrogen (secondary N) is 1. The Balaban J connectivity index is 1.94. The van der Waals surface area contributed by atoms with Crippen LogP contribution in [-0.4, -0.2) is 37.4 Å². The molecule has 0 spiro atoms. The predicted molar refractivity (Wildman–Crippen MR) is 88.7 cm³/mol. The van der Waals surface area contributed by atoms with Gasteiger partial charge in [-0.25, -0.2) is 4.39 Å². The third-order valence-electron chi connectivity index (χ3n) is 3.88. The summed E-state index contributed by atoms with van der Waals surface area (Å²) in [5.74, 6) is -1.88. The van der Waals surface area contributed by atoms with Crippen molar-refractivity contribution in [2.45, 2.75) is 12.4 Å². The Morgan fingerprint density at radius 1 is 1.16 bits per heavy atom. The minimum Gasteiger partial charge on any atom is -0.403 e. The molecule has 1 atom stereocenters. The van der Waals surface area contributed by atoms with E-state index >= 15 is 0 Å². The minimum absolute atomic E-state index is 0.269. The van der Waals surface area contributed by atoms with Gasteiger partial charge in [-0.05, 0) is 29.8 Å². The molecule has 3 rings (SSSR count).